The minimum atomic E-state index is -1.31. The van der Waals surface area contributed by atoms with Crippen LogP contribution in [0.2, 0.25) is 0 Å². The summed E-state index contributed by atoms with van der Waals surface area (Å²) in [5.74, 6) is -6.90. The Kier molecular flexibility index (Phi) is 5.85. The monoisotopic (exact) mass is 490 g/mol. The van der Waals surface area contributed by atoms with Crippen molar-refractivity contribution in [3.05, 3.63) is 119 Å². The normalized spacial score (nSPS) is 11.0. The van der Waals surface area contributed by atoms with Gasteiger partial charge < -0.3 is 9.47 Å². The van der Waals surface area contributed by atoms with Crippen molar-refractivity contribution in [1.29, 1.82) is 0 Å². The number of hydrogen-bond acceptors (Lipinski definition) is 4. The number of rotatable bonds is 4. The minimum Gasteiger partial charge on any atom is -0.422 e. The molecule has 0 aliphatic carbocycles. The molecular formula is C28H14F4O4. The van der Waals surface area contributed by atoms with Crippen LogP contribution in [0.5, 0.6) is 11.5 Å². The number of carbonyl (C=O) groups is 2. The van der Waals surface area contributed by atoms with Gasteiger partial charge in [0.15, 0.2) is 23.3 Å². The number of esters is 2. The summed E-state index contributed by atoms with van der Waals surface area (Å²) >= 11 is 0. The first kappa shape index (κ1) is 23.0. The predicted molar refractivity (Wildman–Crippen MR) is 124 cm³/mol. The second-order valence-electron chi connectivity index (χ2n) is 7.79. The van der Waals surface area contributed by atoms with Gasteiger partial charge in [-0.2, -0.15) is 0 Å². The average molecular weight is 490 g/mol. The molecule has 0 fully saturated rings. The number of halogens is 4. The standard InChI is InChI=1S/C28H14F4O4/c29-21-9-3-7-17(25(21)31)27(33)35-23-11-1-5-15-13-20-16(14-19(15)23)6-2-12-24(20)36-28(34)18-8-4-10-22(30)26(18)32/h1-14H. The van der Waals surface area contributed by atoms with Gasteiger partial charge in [-0.25, -0.2) is 27.2 Å². The van der Waals surface area contributed by atoms with Gasteiger partial charge in [-0.15, -0.1) is 0 Å². The molecule has 0 atom stereocenters. The van der Waals surface area contributed by atoms with Crippen molar-refractivity contribution in [1.82, 2.24) is 0 Å². The first-order chi connectivity index (χ1) is 17.3. The fourth-order valence-corrected chi connectivity index (χ4v) is 3.80. The van der Waals surface area contributed by atoms with Crippen LogP contribution in [0.4, 0.5) is 17.6 Å². The molecule has 178 valence electrons. The Labute approximate surface area is 201 Å². The highest BCUT2D eigenvalue weighted by molar-refractivity contribution is 6.05. The number of hydrogen-bond donors (Lipinski definition) is 0. The lowest BCUT2D eigenvalue weighted by atomic mass is 10.0. The highest BCUT2D eigenvalue weighted by Gasteiger charge is 2.20. The van der Waals surface area contributed by atoms with Gasteiger partial charge in [0.1, 0.15) is 11.5 Å². The van der Waals surface area contributed by atoms with Crippen molar-refractivity contribution in [2.45, 2.75) is 0 Å². The summed E-state index contributed by atoms with van der Waals surface area (Å²) in [7, 11) is 0. The van der Waals surface area contributed by atoms with Crippen LogP contribution in [-0.4, -0.2) is 11.9 Å². The van der Waals surface area contributed by atoms with E-state index in [-0.39, 0.29) is 11.5 Å². The van der Waals surface area contributed by atoms with E-state index in [1.807, 2.05) is 0 Å². The van der Waals surface area contributed by atoms with E-state index in [2.05, 4.69) is 0 Å². The molecule has 4 nitrogen and oxygen atoms in total. The van der Waals surface area contributed by atoms with Gasteiger partial charge in [-0.05, 0) is 59.3 Å². The molecule has 0 spiro atoms. The van der Waals surface area contributed by atoms with E-state index in [0.717, 1.165) is 24.3 Å². The van der Waals surface area contributed by atoms with Crippen molar-refractivity contribution in [2.24, 2.45) is 0 Å². The summed E-state index contributed by atoms with van der Waals surface area (Å²) in [5.41, 5.74) is -1.10. The summed E-state index contributed by atoms with van der Waals surface area (Å²) in [5, 5.41) is 2.12. The third-order valence-corrected chi connectivity index (χ3v) is 5.55. The zero-order valence-corrected chi connectivity index (χ0v) is 18.2. The maximum atomic E-state index is 14.0. The van der Waals surface area contributed by atoms with Crippen LogP contribution in [-0.2, 0) is 0 Å². The van der Waals surface area contributed by atoms with Gasteiger partial charge in [0, 0.05) is 10.8 Å². The summed E-state index contributed by atoms with van der Waals surface area (Å²) < 4.78 is 65.9. The molecule has 8 heteroatoms. The van der Waals surface area contributed by atoms with Crippen LogP contribution < -0.4 is 9.47 Å². The predicted octanol–water partition coefficient (Wildman–Crippen LogP) is 6.99. The molecule has 36 heavy (non-hydrogen) atoms. The van der Waals surface area contributed by atoms with Crippen LogP contribution in [0.3, 0.4) is 0 Å². The van der Waals surface area contributed by atoms with Gasteiger partial charge in [-0.3, -0.25) is 0 Å². The molecule has 0 amide bonds. The number of benzene rings is 5. The zero-order chi connectivity index (χ0) is 25.4. The molecule has 0 saturated heterocycles. The highest BCUT2D eigenvalue weighted by Crippen LogP contribution is 2.35. The Morgan fingerprint density at radius 2 is 0.917 bits per heavy atom. The Morgan fingerprint density at radius 3 is 1.33 bits per heavy atom. The van der Waals surface area contributed by atoms with E-state index in [0.29, 0.717) is 21.5 Å². The molecule has 0 aliphatic rings. The number of ether oxygens (including phenoxy) is 2. The Bertz CT molecular complexity index is 1560. The van der Waals surface area contributed by atoms with Gasteiger partial charge in [0.25, 0.3) is 0 Å². The third-order valence-electron chi connectivity index (χ3n) is 5.55. The number of fused-ring (bicyclic) bond motifs is 2. The van der Waals surface area contributed by atoms with Crippen molar-refractivity contribution in [3.8, 4) is 11.5 Å². The average Bonchev–Trinajstić information content (AvgIpc) is 2.86. The Morgan fingerprint density at radius 1 is 0.528 bits per heavy atom. The molecule has 0 saturated carbocycles. The smallest absolute Gasteiger partial charge is 0.346 e. The maximum absolute atomic E-state index is 14.0. The first-order valence-electron chi connectivity index (χ1n) is 10.6. The molecule has 0 bridgehead atoms. The summed E-state index contributed by atoms with van der Waals surface area (Å²) in [6, 6.07) is 19.3. The number of carbonyl (C=O) groups excluding carboxylic acids is 2. The van der Waals surface area contributed by atoms with Crippen molar-refractivity contribution in [2.75, 3.05) is 0 Å². The fourth-order valence-electron chi connectivity index (χ4n) is 3.80. The van der Waals surface area contributed by atoms with Gasteiger partial charge in [0.05, 0.1) is 11.1 Å². The van der Waals surface area contributed by atoms with E-state index in [9.17, 15) is 27.2 Å². The van der Waals surface area contributed by atoms with Crippen LogP contribution in [0, 0.1) is 23.3 Å². The van der Waals surface area contributed by atoms with Crippen LogP contribution >= 0.6 is 0 Å². The van der Waals surface area contributed by atoms with E-state index in [1.54, 1.807) is 36.4 Å². The largest absolute Gasteiger partial charge is 0.422 e. The van der Waals surface area contributed by atoms with Gasteiger partial charge in [0.2, 0.25) is 0 Å². The topological polar surface area (TPSA) is 52.6 Å². The molecule has 0 heterocycles. The molecule has 0 unspecified atom stereocenters. The molecule has 5 aromatic carbocycles. The first-order valence-corrected chi connectivity index (χ1v) is 10.6. The van der Waals surface area contributed by atoms with E-state index in [4.69, 9.17) is 9.47 Å². The summed E-state index contributed by atoms with van der Waals surface area (Å²) in [4.78, 5) is 25.0. The molecule has 0 radical (unpaired) electrons. The van der Waals surface area contributed by atoms with Crippen molar-refractivity contribution in [3.63, 3.8) is 0 Å². The molecule has 0 N–H and O–H groups in total. The molecular weight excluding hydrogens is 476 g/mol. The summed E-state index contributed by atoms with van der Waals surface area (Å²) in [6.07, 6.45) is 0. The lowest BCUT2D eigenvalue weighted by Crippen LogP contribution is -2.12. The second-order valence-corrected chi connectivity index (χ2v) is 7.79. The quantitative estimate of drug-likeness (QED) is 0.118. The maximum Gasteiger partial charge on any atom is 0.346 e. The van der Waals surface area contributed by atoms with Gasteiger partial charge in [-0.1, -0.05) is 36.4 Å². The fraction of sp³-hybridized carbons (Fsp3) is 0. The van der Waals surface area contributed by atoms with Crippen molar-refractivity contribution >= 4 is 33.5 Å². The molecule has 0 aromatic heterocycles. The third kappa shape index (κ3) is 4.13. The zero-order valence-electron chi connectivity index (χ0n) is 18.2. The van der Waals surface area contributed by atoms with Crippen molar-refractivity contribution < 1.29 is 36.6 Å². The lowest BCUT2D eigenvalue weighted by molar-refractivity contribution is 0.0721. The van der Waals surface area contributed by atoms with Gasteiger partial charge >= 0.3 is 11.9 Å². The highest BCUT2D eigenvalue weighted by atomic mass is 19.2. The van der Waals surface area contributed by atoms with E-state index in [1.165, 1.54) is 24.3 Å². The molecule has 0 aliphatic heterocycles. The van der Waals surface area contributed by atoms with Crippen LogP contribution in [0.15, 0.2) is 84.9 Å². The Balaban J connectivity index is 1.52. The molecule has 5 aromatic rings. The van der Waals surface area contributed by atoms with E-state index >= 15 is 0 Å². The van der Waals surface area contributed by atoms with E-state index < -0.39 is 46.3 Å². The van der Waals surface area contributed by atoms with Crippen LogP contribution in [0.25, 0.3) is 21.5 Å². The minimum absolute atomic E-state index is 0.104. The summed E-state index contributed by atoms with van der Waals surface area (Å²) in [6.45, 7) is 0. The second kappa shape index (κ2) is 9.14. The Hall–Kier alpha value is -4.72. The van der Waals surface area contributed by atoms with Crippen LogP contribution in [0.1, 0.15) is 20.7 Å². The SMILES string of the molecule is O=C(Oc1cccc2cc3c(OC(=O)c4cccc(F)c4F)cccc3cc12)c1cccc(F)c1F. The molecule has 5 rings (SSSR count). The lowest BCUT2D eigenvalue weighted by Gasteiger charge is -2.12.